The second-order valence-electron chi connectivity index (χ2n) is 4.75. The molecule has 2 nitrogen and oxygen atoms in total. The Bertz CT molecular complexity index is 558. The highest BCUT2D eigenvalue weighted by molar-refractivity contribution is 6.35. The zero-order valence-corrected chi connectivity index (χ0v) is 12.6. The van der Waals surface area contributed by atoms with Crippen LogP contribution in [0.2, 0.25) is 10.0 Å². The largest absolute Gasteiger partial charge is 0.871 e. The number of aryl methyl sites for hydroxylation is 1. The Morgan fingerprint density at radius 2 is 1.80 bits per heavy atom. The molecule has 0 aromatic heterocycles. The summed E-state index contributed by atoms with van der Waals surface area (Å²) < 4.78 is 0. The number of quaternary nitrogens is 1. The van der Waals surface area contributed by atoms with E-state index in [0.717, 1.165) is 19.4 Å². The van der Waals surface area contributed by atoms with Crippen molar-refractivity contribution in [3.05, 3.63) is 63.6 Å². The highest BCUT2D eigenvalue weighted by atomic mass is 35.5. The van der Waals surface area contributed by atoms with Gasteiger partial charge in [-0.3, -0.25) is 0 Å². The van der Waals surface area contributed by atoms with Crippen molar-refractivity contribution < 1.29 is 10.4 Å². The molecule has 0 unspecified atom stereocenters. The first-order chi connectivity index (χ1) is 9.66. The van der Waals surface area contributed by atoms with Crippen molar-refractivity contribution >= 4 is 23.2 Å². The number of hydrogen-bond donors (Lipinski definition) is 1. The van der Waals surface area contributed by atoms with Gasteiger partial charge in [0.1, 0.15) is 6.54 Å². The summed E-state index contributed by atoms with van der Waals surface area (Å²) in [5.41, 5.74) is 2.01. The second-order valence-corrected chi connectivity index (χ2v) is 5.59. The number of nitrogens with two attached hydrogens (primary N) is 1. The van der Waals surface area contributed by atoms with Gasteiger partial charge in [0.25, 0.3) is 0 Å². The van der Waals surface area contributed by atoms with E-state index in [2.05, 4.69) is 29.6 Å². The fourth-order valence-corrected chi connectivity index (χ4v) is 2.65. The first-order valence-electron chi connectivity index (χ1n) is 6.67. The molecule has 0 aliphatic rings. The highest BCUT2D eigenvalue weighted by Gasteiger charge is 2.03. The molecule has 0 atom stereocenters. The predicted octanol–water partition coefficient (Wildman–Crippen LogP) is 2.76. The Kier molecular flexibility index (Phi) is 5.72. The zero-order chi connectivity index (χ0) is 14.4. The smallest absolute Gasteiger partial charge is 0.101 e. The van der Waals surface area contributed by atoms with Crippen LogP contribution in [0.5, 0.6) is 5.75 Å². The van der Waals surface area contributed by atoms with Crippen molar-refractivity contribution in [2.75, 3.05) is 6.54 Å². The first kappa shape index (κ1) is 15.2. The predicted molar refractivity (Wildman–Crippen MR) is 81.2 cm³/mol. The molecule has 2 aromatic rings. The van der Waals surface area contributed by atoms with Gasteiger partial charge in [0.15, 0.2) is 0 Å². The minimum absolute atomic E-state index is 0.115. The fourth-order valence-electron chi connectivity index (χ4n) is 2.12. The molecule has 2 rings (SSSR count). The summed E-state index contributed by atoms with van der Waals surface area (Å²) in [6.07, 6.45) is 2.13. The molecule has 106 valence electrons. The van der Waals surface area contributed by atoms with E-state index in [-0.39, 0.29) is 10.8 Å². The third-order valence-corrected chi connectivity index (χ3v) is 3.67. The van der Waals surface area contributed by atoms with Crippen molar-refractivity contribution in [3.63, 3.8) is 0 Å². The lowest BCUT2D eigenvalue weighted by atomic mass is 10.1. The standard InChI is InChI=1S/C16H17Cl2NO/c17-14-9-13(16(20)15(18)10-14)11-19-8-4-7-12-5-2-1-3-6-12/h1-3,5-6,9-10,19-20H,4,7-8,11H2. The van der Waals surface area contributed by atoms with Crippen LogP contribution in [0.1, 0.15) is 17.5 Å². The molecule has 0 spiro atoms. The summed E-state index contributed by atoms with van der Waals surface area (Å²) in [7, 11) is 0. The molecule has 0 aliphatic carbocycles. The van der Waals surface area contributed by atoms with Gasteiger partial charge in [-0.05, 0) is 24.1 Å². The lowest BCUT2D eigenvalue weighted by Gasteiger charge is -2.14. The number of rotatable bonds is 6. The molecule has 0 heterocycles. The second kappa shape index (κ2) is 7.53. The van der Waals surface area contributed by atoms with E-state index in [0.29, 0.717) is 17.1 Å². The third kappa shape index (κ3) is 4.41. The molecule has 0 aliphatic heterocycles. The van der Waals surface area contributed by atoms with Crippen molar-refractivity contribution in [1.82, 2.24) is 0 Å². The van der Waals surface area contributed by atoms with E-state index in [1.54, 1.807) is 6.07 Å². The minimum atomic E-state index is -0.115. The number of halogens is 2. The van der Waals surface area contributed by atoms with Gasteiger partial charge in [0, 0.05) is 22.0 Å². The van der Waals surface area contributed by atoms with Gasteiger partial charge < -0.3 is 10.4 Å². The van der Waals surface area contributed by atoms with Crippen LogP contribution in [0.4, 0.5) is 0 Å². The van der Waals surface area contributed by atoms with Crippen LogP contribution in [0.25, 0.3) is 0 Å². The third-order valence-electron chi connectivity index (χ3n) is 3.17. The summed E-state index contributed by atoms with van der Waals surface area (Å²) in [6, 6.07) is 13.6. The molecule has 0 fully saturated rings. The Morgan fingerprint density at radius 1 is 1.05 bits per heavy atom. The summed E-state index contributed by atoms with van der Waals surface area (Å²) in [5.74, 6) is -0.115. The number of hydrogen-bond acceptors (Lipinski definition) is 1. The quantitative estimate of drug-likeness (QED) is 0.819. The zero-order valence-electron chi connectivity index (χ0n) is 11.1. The van der Waals surface area contributed by atoms with Gasteiger partial charge in [0.05, 0.1) is 6.54 Å². The Morgan fingerprint density at radius 3 is 2.55 bits per heavy atom. The van der Waals surface area contributed by atoms with E-state index < -0.39 is 0 Å². The van der Waals surface area contributed by atoms with Crippen molar-refractivity contribution in [2.45, 2.75) is 19.4 Å². The minimum Gasteiger partial charge on any atom is -0.871 e. The van der Waals surface area contributed by atoms with E-state index in [4.69, 9.17) is 23.2 Å². The van der Waals surface area contributed by atoms with Crippen LogP contribution in [0.3, 0.4) is 0 Å². The molecule has 2 N–H and O–H groups in total. The van der Waals surface area contributed by atoms with Gasteiger partial charge in [-0.25, -0.2) is 0 Å². The molecule has 0 saturated carbocycles. The van der Waals surface area contributed by atoms with Crippen LogP contribution in [-0.4, -0.2) is 6.54 Å². The lowest BCUT2D eigenvalue weighted by molar-refractivity contribution is -0.671. The maximum Gasteiger partial charge on any atom is 0.101 e. The van der Waals surface area contributed by atoms with E-state index in [1.807, 2.05) is 6.07 Å². The first-order valence-corrected chi connectivity index (χ1v) is 7.43. The van der Waals surface area contributed by atoms with Crippen LogP contribution >= 0.6 is 23.2 Å². The van der Waals surface area contributed by atoms with Crippen LogP contribution < -0.4 is 10.4 Å². The van der Waals surface area contributed by atoms with Crippen molar-refractivity contribution in [2.24, 2.45) is 0 Å². The van der Waals surface area contributed by atoms with Crippen LogP contribution in [0.15, 0.2) is 42.5 Å². The lowest BCUT2D eigenvalue weighted by Crippen LogP contribution is -2.82. The highest BCUT2D eigenvalue weighted by Crippen LogP contribution is 2.28. The molecule has 0 saturated heterocycles. The normalized spacial score (nSPS) is 10.7. The maximum atomic E-state index is 11.8. The molecule has 0 amide bonds. The van der Waals surface area contributed by atoms with E-state index >= 15 is 0 Å². The molecule has 0 bridgehead atoms. The van der Waals surface area contributed by atoms with E-state index in [9.17, 15) is 5.11 Å². The number of benzene rings is 2. The van der Waals surface area contributed by atoms with Crippen LogP contribution in [0, 0.1) is 0 Å². The Labute approximate surface area is 129 Å². The Balaban J connectivity index is 1.76. The fraction of sp³-hybridized carbons (Fsp3) is 0.250. The van der Waals surface area contributed by atoms with Gasteiger partial charge >= 0.3 is 0 Å². The summed E-state index contributed by atoms with van der Waals surface area (Å²) in [4.78, 5) is 0. The average molecular weight is 310 g/mol. The van der Waals surface area contributed by atoms with Gasteiger partial charge in [-0.1, -0.05) is 59.3 Å². The topological polar surface area (TPSA) is 39.7 Å². The van der Waals surface area contributed by atoms with Crippen molar-refractivity contribution in [1.29, 1.82) is 0 Å². The van der Waals surface area contributed by atoms with Gasteiger partial charge in [-0.15, -0.1) is 0 Å². The van der Waals surface area contributed by atoms with Crippen LogP contribution in [-0.2, 0) is 13.0 Å². The molecule has 4 heteroatoms. The monoisotopic (exact) mass is 309 g/mol. The van der Waals surface area contributed by atoms with Gasteiger partial charge in [0.2, 0.25) is 0 Å². The molecule has 2 aromatic carbocycles. The maximum absolute atomic E-state index is 11.8. The SMILES string of the molecule is [O-]c1c(Cl)cc(Cl)cc1C[NH2+]CCCc1ccccc1. The molecule has 20 heavy (non-hydrogen) atoms. The summed E-state index contributed by atoms with van der Waals surface area (Å²) in [6.45, 7) is 1.59. The summed E-state index contributed by atoms with van der Waals surface area (Å²) in [5, 5.41) is 14.6. The van der Waals surface area contributed by atoms with Gasteiger partial charge in [-0.2, -0.15) is 0 Å². The average Bonchev–Trinajstić information content (AvgIpc) is 2.44. The Hall–Kier alpha value is -1.22. The summed E-state index contributed by atoms with van der Waals surface area (Å²) >= 11 is 11.7. The van der Waals surface area contributed by atoms with Crippen molar-refractivity contribution in [3.8, 4) is 5.75 Å². The molecular weight excluding hydrogens is 293 g/mol. The van der Waals surface area contributed by atoms with E-state index in [1.165, 1.54) is 11.6 Å². The molecule has 0 radical (unpaired) electrons. The molecular formula is C16H17Cl2NO.